The van der Waals surface area contributed by atoms with Crippen molar-refractivity contribution in [3.8, 4) is 11.5 Å². The van der Waals surface area contributed by atoms with Crippen LogP contribution in [-0.4, -0.2) is 37.1 Å². The average molecular weight is 657 g/mol. The fourth-order valence-corrected chi connectivity index (χ4v) is 11.3. The van der Waals surface area contributed by atoms with Gasteiger partial charge >= 0.3 is 0 Å². The van der Waals surface area contributed by atoms with Crippen molar-refractivity contribution in [3.63, 3.8) is 0 Å². The van der Waals surface area contributed by atoms with E-state index in [9.17, 15) is 5.11 Å². The smallest absolute Gasteiger partial charge is 0.166 e. The Bertz CT molecular complexity index is 1760. The van der Waals surface area contributed by atoms with Crippen LogP contribution in [0.15, 0.2) is 151 Å². The summed E-state index contributed by atoms with van der Waals surface area (Å²) in [6.07, 6.45) is 4.55. The molecule has 0 saturated carbocycles. The molecule has 0 amide bonds. The van der Waals surface area contributed by atoms with Gasteiger partial charge in [0.05, 0.1) is 19.8 Å². The lowest BCUT2D eigenvalue weighted by atomic mass is 9.91. The molecule has 7 rings (SSSR count). The van der Waals surface area contributed by atoms with E-state index in [1.54, 1.807) is 0 Å². The lowest BCUT2D eigenvalue weighted by Crippen LogP contribution is -2.41. The normalized spacial score (nSPS) is 17.6. The van der Waals surface area contributed by atoms with Crippen LogP contribution in [0.3, 0.4) is 0 Å². The van der Waals surface area contributed by atoms with Gasteiger partial charge in [0.15, 0.2) is 11.5 Å². The van der Waals surface area contributed by atoms with Crippen molar-refractivity contribution in [2.75, 3.05) is 19.8 Å². The van der Waals surface area contributed by atoms with Crippen LogP contribution >= 0.6 is 15.8 Å². The molecule has 5 aromatic carbocycles. The molecule has 1 fully saturated rings. The van der Waals surface area contributed by atoms with Gasteiger partial charge in [0, 0.05) is 11.1 Å². The molecular weight excluding hydrogens is 618 g/mol. The van der Waals surface area contributed by atoms with Crippen LogP contribution < -0.4 is 31.3 Å². The minimum Gasteiger partial charge on any atom is -0.504 e. The van der Waals surface area contributed by atoms with Gasteiger partial charge in [0.1, 0.15) is 12.2 Å². The molecule has 1 N–H and O–H groups in total. The van der Waals surface area contributed by atoms with E-state index in [0.717, 1.165) is 28.2 Å². The zero-order valence-corrected chi connectivity index (χ0v) is 28.2. The summed E-state index contributed by atoms with van der Waals surface area (Å²) in [5.41, 5.74) is 1.77. The van der Waals surface area contributed by atoms with E-state index in [-0.39, 0.29) is 11.9 Å². The molecule has 0 aromatic heterocycles. The van der Waals surface area contributed by atoms with E-state index < -0.39 is 21.9 Å². The van der Waals surface area contributed by atoms with Crippen LogP contribution in [0, 0.1) is 0 Å². The Morgan fingerprint density at radius 2 is 1.17 bits per heavy atom. The summed E-state index contributed by atoms with van der Waals surface area (Å²) in [4.78, 5) is 0. The van der Waals surface area contributed by atoms with Crippen LogP contribution in [0.1, 0.15) is 18.9 Å². The summed E-state index contributed by atoms with van der Waals surface area (Å²) >= 11 is 0. The zero-order valence-electron chi connectivity index (χ0n) is 26.4. The highest BCUT2D eigenvalue weighted by molar-refractivity contribution is 7.80. The van der Waals surface area contributed by atoms with E-state index in [4.69, 9.17) is 14.2 Å². The molecule has 1 aliphatic heterocycles. The number of aromatic hydroxyl groups is 1. The third kappa shape index (κ3) is 6.57. The number of hydrogen-bond acceptors (Lipinski definition) is 4. The number of ether oxygens (including phenoxy) is 3. The van der Waals surface area contributed by atoms with Gasteiger partial charge in [-0.25, -0.2) is 0 Å². The fourth-order valence-electron chi connectivity index (χ4n) is 6.34. The van der Waals surface area contributed by atoms with Crippen molar-refractivity contribution < 1.29 is 19.3 Å². The average Bonchev–Trinajstić information content (AvgIpc) is 3.14. The molecule has 47 heavy (non-hydrogen) atoms. The van der Waals surface area contributed by atoms with E-state index >= 15 is 0 Å². The van der Waals surface area contributed by atoms with Crippen molar-refractivity contribution in [3.05, 3.63) is 156 Å². The van der Waals surface area contributed by atoms with Gasteiger partial charge in [-0.2, -0.15) is 0 Å². The SMILES string of the molecule is CCCOc1ccc(P(c2ccccc2)c2ccccc2)c(C2=C(P(c3ccccc3)c3ccccc3)C=CC3OCCOC23)c1O. The van der Waals surface area contributed by atoms with Gasteiger partial charge in [-0.3, -0.25) is 0 Å². The number of fused-ring (bicyclic) bond motifs is 1. The zero-order chi connectivity index (χ0) is 32.0. The third-order valence-corrected chi connectivity index (χ3v) is 13.4. The Hall–Kier alpha value is -4.04. The molecule has 1 saturated heterocycles. The molecule has 2 unspecified atom stereocenters. The maximum Gasteiger partial charge on any atom is 0.166 e. The fraction of sp³-hybridized carbons (Fsp3) is 0.171. The Labute approximate surface area is 279 Å². The van der Waals surface area contributed by atoms with Crippen molar-refractivity contribution >= 4 is 47.9 Å². The number of hydrogen-bond donors (Lipinski definition) is 1. The van der Waals surface area contributed by atoms with Crippen LogP contribution in [0.4, 0.5) is 0 Å². The van der Waals surface area contributed by atoms with Gasteiger partial charge < -0.3 is 19.3 Å². The van der Waals surface area contributed by atoms with Crippen LogP contribution in [0.2, 0.25) is 0 Å². The predicted molar refractivity (Wildman–Crippen MR) is 197 cm³/mol. The first-order valence-corrected chi connectivity index (χ1v) is 18.9. The summed E-state index contributed by atoms with van der Waals surface area (Å²) in [5, 5.41) is 19.5. The van der Waals surface area contributed by atoms with E-state index in [0.29, 0.717) is 25.6 Å². The summed E-state index contributed by atoms with van der Waals surface area (Å²) < 4.78 is 19.2. The first kappa shape index (κ1) is 31.6. The molecule has 4 nitrogen and oxygen atoms in total. The summed E-state index contributed by atoms with van der Waals surface area (Å²) in [6, 6.07) is 46.8. The number of benzene rings is 5. The molecule has 2 aliphatic rings. The number of rotatable bonds is 10. The van der Waals surface area contributed by atoms with E-state index in [1.807, 2.05) is 6.07 Å². The number of phenolic OH excluding ortho intramolecular Hbond substituents is 1. The van der Waals surface area contributed by atoms with Crippen molar-refractivity contribution in [2.24, 2.45) is 0 Å². The van der Waals surface area contributed by atoms with Gasteiger partial charge in [-0.05, 0) is 66.2 Å². The van der Waals surface area contributed by atoms with Crippen LogP contribution in [-0.2, 0) is 9.47 Å². The molecule has 0 bridgehead atoms. The number of phenols is 1. The summed E-state index contributed by atoms with van der Waals surface area (Å²) in [7, 11) is -2.09. The molecule has 5 aromatic rings. The second kappa shape index (κ2) is 14.8. The summed E-state index contributed by atoms with van der Waals surface area (Å²) in [5.74, 6) is 0.641. The molecule has 1 heterocycles. The maximum atomic E-state index is 12.5. The second-order valence-electron chi connectivity index (χ2n) is 11.5. The number of allylic oxidation sites excluding steroid dienone is 2. The lowest BCUT2D eigenvalue weighted by Gasteiger charge is -2.39. The molecule has 0 radical (unpaired) electrons. The predicted octanol–water partition coefficient (Wildman–Crippen LogP) is 7.14. The first-order valence-electron chi connectivity index (χ1n) is 16.2. The highest BCUT2D eigenvalue weighted by Gasteiger charge is 2.40. The van der Waals surface area contributed by atoms with Gasteiger partial charge in [0.2, 0.25) is 0 Å². The van der Waals surface area contributed by atoms with E-state index in [2.05, 4.69) is 146 Å². The Morgan fingerprint density at radius 1 is 0.660 bits per heavy atom. The molecule has 1 aliphatic carbocycles. The topological polar surface area (TPSA) is 47.9 Å². The molecule has 0 spiro atoms. The minimum absolute atomic E-state index is 0.155. The van der Waals surface area contributed by atoms with Crippen molar-refractivity contribution in [2.45, 2.75) is 25.6 Å². The second-order valence-corrected chi connectivity index (χ2v) is 15.8. The van der Waals surface area contributed by atoms with Gasteiger partial charge in [-0.15, -0.1) is 0 Å². The maximum absolute atomic E-state index is 12.5. The van der Waals surface area contributed by atoms with Crippen LogP contribution in [0.25, 0.3) is 5.57 Å². The van der Waals surface area contributed by atoms with Crippen molar-refractivity contribution in [1.29, 1.82) is 0 Å². The third-order valence-electron chi connectivity index (χ3n) is 8.38. The molecule has 6 heteroatoms. The Balaban J connectivity index is 1.56. The van der Waals surface area contributed by atoms with Crippen molar-refractivity contribution in [1.82, 2.24) is 0 Å². The summed E-state index contributed by atoms with van der Waals surface area (Å²) in [6.45, 7) is 3.60. The highest BCUT2D eigenvalue weighted by Crippen LogP contribution is 2.54. The Kier molecular flexibility index (Phi) is 9.94. The van der Waals surface area contributed by atoms with Gasteiger partial charge in [-0.1, -0.05) is 140 Å². The monoisotopic (exact) mass is 656 g/mol. The minimum atomic E-state index is -1.07. The molecule has 236 valence electrons. The van der Waals surface area contributed by atoms with E-state index in [1.165, 1.54) is 21.2 Å². The standard InChI is InChI=1S/C41H38O4P2/c1-2-27-43-34-23-25-36(46(30-15-7-3-8-16-30)31-17-9-4-10-18-31)38(40(34)42)39-37(26-24-35-41(39)45-29-28-44-35)47(32-19-11-5-12-20-32)33-21-13-6-14-22-33/h3-26,35,41-42H,2,27-29H2,1H3. The molecule has 2 atom stereocenters. The first-order chi connectivity index (χ1) is 23.2. The van der Waals surface area contributed by atoms with Crippen LogP contribution in [0.5, 0.6) is 11.5 Å². The molecular formula is C41H38O4P2. The Morgan fingerprint density at radius 3 is 1.70 bits per heavy atom. The van der Waals surface area contributed by atoms with Gasteiger partial charge in [0.25, 0.3) is 0 Å². The lowest BCUT2D eigenvalue weighted by molar-refractivity contribution is -0.0975. The quantitative estimate of drug-likeness (QED) is 0.163. The highest BCUT2D eigenvalue weighted by atomic mass is 31.1. The largest absolute Gasteiger partial charge is 0.504 e.